The highest BCUT2D eigenvalue weighted by Gasteiger charge is 2.23. The molecule has 3 aromatic rings. The number of nitrogen functional groups attached to an aromatic ring is 1. The highest BCUT2D eigenvalue weighted by molar-refractivity contribution is 9.10. The third kappa shape index (κ3) is 1.87. The normalized spacial score (nSPS) is 14.5. The molecule has 1 aromatic carbocycles. The van der Waals surface area contributed by atoms with E-state index >= 15 is 0 Å². The van der Waals surface area contributed by atoms with E-state index in [1.807, 2.05) is 18.2 Å². The molecular formula is C16H14BrN2O2+. The summed E-state index contributed by atoms with van der Waals surface area (Å²) in [5, 5.41) is 2.37. The fraction of sp³-hybridized carbons (Fsp3) is 0.250. The molecule has 3 N–H and O–H groups in total. The van der Waals surface area contributed by atoms with Gasteiger partial charge in [-0.2, -0.15) is 0 Å². The summed E-state index contributed by atoms with van der Waals surface area (Å²) < 4.78 is 6.38. The second-order valence-electron chi connectivity index (χ2n) is 5.48. The Hall–Kier alpha value is -1.88. The van der Waals surface area contributed by atoms with Crippen molar-refractivity contribution in [2.45, 2.75) is 25.7 Å². The first kappa shape index (κ1) is 12.8. The quantitative estimate of drug-likeness (QED) is 0.503. The molecule has 0 spiro atoms. The maximum absolute atomic E-state index is 12.3. The SMILES string of the molecule is Nc1[nH+]c2c(c3c1c(=O)oc1ccc(Br)cc13)CCCC2. The molecule has 0 fully saturated rings. The number of hydrogen-bond acceptors (Lipinski definition) is 3. The number of fused-ring (bicyclic) bond motifs is 5. The lowest BCUT2D eigenvalue weighted by Crippen LogP contribution is -2.24. The number of aromatic nitrogens is 1. The topological polar surface area (TPSA) is 70.4 Å². The van der Waals surface area contributed by atoms with E-state index in [0.29, 0.717) is 16.8 Å². The van der Waals surface area contributed by atoms with Gasteiger partial charge < -0.3 is 4.42 Å². The van der Waals surface area contributed by atoms with Crippen molar-refractivity contribution < 1.29 is 9.40 Å². The molecular weight excluding hydrogens is 332 g/mol. The van der Waals surface area contributed by atoms with Gasteiger partial charge in [-0.1, -0.05) is 15.9 Å². The minimum atomic E-state index is -0.373. The van der Waals surface area contributed by atoms with E-state index in [-0.39, 0.29) is 5.63 Å². The number of hydrogen-bond donors (Lipinski definition) is 1. The summed E-state index contributed by atoms with van der Waals surface area (Å²) in [6.07, 6.45) is 4.23. The fourth-order valence-electron chi connectivity index (χ4n) is 3.28. The monoisotopic (exact) mass is 345 g/mol. The minimum absolute atomic E-state index is 0.373. The molecule has 0 radical (unpaired) electrons. The van der Waals surface area contributed by atoms with Crippen molar-refractivity contribution in [3.63, 3.8) is 0 Å². The fourth-order valence-corrected chi connectivity index (χ4v) is 3.64. The molecule has 0 unspecified atom stereocenters. The summed E-state index contributed by atoms with van der Waals surface area (Å²) >= 11 is 3.49. The van der Waals surface area contributed by atoms with Gasteiger partial charge in [-0.05, 0) is 37.5 Å². The Morgan fingerprint density at radius 1 is 1.19 bits per heavy atom. The standard InChI is InChI=1S/C16H13BrN2O2/c17-8-5-6-12-10(7-8)13-9-3-1-2-4-11(9)19-15(18)14(13)16(20)21-12/h5-7H,1-4H2,(H2,18,19)/p+1. The molecule has 0 atom stereocenters. The Balaban J connectivity index is 2.31. The van der Waals surface area contributed by atoms with Crippen LogP contribution in [0.3, 0.4) is 0 Å². The van der Waals surface area contributed by atoms with Crippen LogP contribution in [-0.2, 0) is 12.8 Å². The maximum Gasteiger partial charge on any atom is 0.352 e. The number of benzene rings is 1. The van der Waals surface area contributed by atoms with Gasteiger partial charge in [-0.25, -0.2) is 9.78 Å². The number of anilines is 1. The summed E-state index contributed by atoms with van der Waals surface area (Å²) in [5.74, 6) is 0.404. The largest absolute Gasteiger partial charge is 0.422 e. The molecule has 0 saturated heterocycles. The molecule has 4 rings (SSSR count). The third-order valence-corrected chi connectivity index (χ3v) is 4.69. The van der Waals surface area contributed by atoms with Gasteiger partial charge in [0.15, 0.2) is 5.39 Å². The Bertz CT molecular complexity index is 947. The molecule has 1 aliphatic carbocycles. The smallest absolute Gasteiger partial charge is 0.352 e. The van der Waals surface area contributed by atoms with Crippen LogP contribution in [0.1, 0.15) is 24.1 Å². The predicted octanol–water partition coefficient (Wildman–Crippen LogP) is 2.98. The van der Waals surface area contributed by atoms with Gasteiger partial charge >= 0.3 is 5.63 Å². The maximum atomic E-state index is 12.3. The number of rotatable bonds is 0. The van der Waals surface area contributed by atoms with E-state index < -0.39 is 0 Å². The van der Waals surface area contributed by atoms with E-state index in [9.17, 15) is 4.79 Å². The van der Waals surface area contributed by atoms with Crippen molar-refractivity contribution in [3.8, 4) is 0 Å². The molecule has 106 valence electrons. The van der Waals surface area contributed by atoms with Crippen molar-refractivity contribution in [1.82, 2.24) is 0 Å². The van der Waals surface area contributed by atoms with E-state index in [4.69, 9.17) is 10.2 Å². The number of nitrogens with two attached hydrogens (primary N) is 1. The number of pyridine rings is 1. The Kier molecular flexibility index (Phi) is 2.79. The van der Waals surface area contributed by atoms with Gasteiger partial charge in [0.2, 0.25) is 0 Å². The lowest BCUT2D eigenvalue weighted by Gasteiger charge is -2.16. The van der Waals surface area contributed by atoms with Crippen LogP contribution in [-0.4, -0.2) is 0 Å². The number of halogens is 1. The highest BCUT2D eigenvalue weighted by atomic mass is 79.9. The summed E-state index contributed by atoms with van der Waals surface area (Å²) in [5.41, 5.74) is 8.68. The molecule has 2 aromatic heterocycles. The number of H-pyrrole nitrogens is 1. The van der Waals surface area contributed by atoms with Crippen LogP contribution < -0.4 is 16.3 Å². The summed E-state index contributed by atoms with van der Waals surface area (Å²) in [4.78, 5) is 15.5. The zero-order valence-electron chi connectivity index (χ0n) is 11.3. The molecule has 0 amide bonds. The van der Waals surface area contributed by atoms with Crippen LogP contribution >= 0.6 is 15.9 Å². The molecule has 0 aliphatic heterocycles. The molecule has 4 nitrogen and oxygen atoms in total. The number of aryl methyl sites for hydroxylation is 2. The van der Waals surface area contributed by atoms with Gasteiger partial charge in [0.25, 0.3) is 5.82 Å². The molecule has 2 heterocycles. The summed E-state index contributed by atoms with van der Waals surface area (Å²) in [6.45, 7) is 0. The van der Waals surface area contributed by atoms with Gasteiger partial charge in [0.05, 0.1) is 0 Å². The first-order valence-corrected chi connectivity index (χ1v) is 7.83. The van der Waals surface area contributed by atoms with Crippen LogP contribution in [0.25, 0.3) is 21.7 Å². The molecule has 5 heteroatoms. The van der Waals surface area contributed by atoms with Crippen LogP contribution in [0.4, 0.5) is 5.82 Å². The minimum Gasteiger partial charge on any atom is -0.422 e. The lowest BCUT2D eigenvalue weighted by molar-refractivity contribution is -0.372. The van der Waals surface area contributed by atoms with Gasteiger partial charge in [-0.15, -0.1) is 0 Å². The van der Waals surface area contributed by atoms with Crippen molar-refractivity contribution in [2.75, 3.05) is 5.73 Å². The van der Waals surface area contributed by atoms with Gasteiger partial charge in [-0.3, -0.25) is 5.73 Å². The molecule has 0 bridgehead atoms. The summed E-state index contributed by atoms with van der Waals surface area (Å²) in [6, 6.07) is 5.69. The molecule has 21 heavy (non-hydrogen) atoms. The number of aromatic amines is 1. The van der Waals surface area contributed by atoms with Crippen LogP contribution in [0.5, 0.6) is 0 Å². The lowest BCUT2D eigenvalue weighted by atomic mass is 9.90. The highest BCUT2D eigenvalue weighted by Crippen LogP contribution is 2.33. The average molecular weight is 346 g/mol. The van der Waals surface area contributed by atoms with E-state index in [1.54, 1.807) is 0 Å². The predicted molar refractivity (Wildman–Crippen MR) is 85.3 cm³/mol. The Labute approximate surface area is 129 Å². The second kappa shape index (κ2) is 4.56. The molecule has 0 saturated carbocycles. The van der Waals surface area contributed by atoms with E-state index in [2.05, 4.69) is 20.9 Å². The zero-order valence-corrected chi connectivity index (χ0v) is 12.9. The van der Waals surface area contributed by atoms with Crippen molar-refractivity contribution in [2.24, 2.45) is 0 Å². The van der Waals surface area contributed by atoms with Crippen molar-refractivity contribution in [3.05, 3.63) is 44.3 Å². The first-order chi connectivity index (χ1) is 10.1. The second-order valence-corrected chi connectivity index (χ2v) is 6.40. The number of nitrogens with one attached hydrogen (secondary N) is 1. The van der Waals surface area contributed by atoms with E-state index in [0.717, 1.165) is 46.6 Å². The molecule has 1 aliphatic rings. The van der Waals surface area contributed by atoms with E-state index in [1.165, 1.54) is 5.56 Å². The van der Waals surface area contributed by atoms with Crippen molar-refractivity contribution in [1.29, 1.82) is 0 Å². The van der Waals surface area contributed by atoms with Crippen molar-refractivity contribution >= 4 is 43.5 Å². The van der Waals surface area contributed by atoms with Crippen LogP contribution in [0.15, 0.2) is 31.9 Å². The average Bonchev–Trinajstić information content (AvgIpc) is 2.47. The summed E-state index contributed by atoms with van der Waals surface area (Å²) in [7, 11) is 0. The van der Waals surface area contributed by atoms with Gasteiger partial charge in [0, 0.05) is 27.2 Å². The van der Waals surface area contributed by atoms with Gasteiger partial charge in [0.1, 0.15) is 11.3 Å². The Morgan fingerprint density at radius 3 is 2.86 bits per heavy atom. The third-order valence-electron chi connectivity index (χ3n) is 4.19. The van der Waals surface area contributed by atoms with Crippen LogP contribution in [0.2, 0.25) is 0 Å². The zero-order chi connectivity index (χ0) is 14.6. The Morgan fingerprint density at radius 2 is 2.00 bits per heavy atom. The first-order valence-electron chi connectivity index (χ1n) is 7.04. The van der Waals surface area contributed by atoms with Crippen LogP contribution in [0, 0.1) is 0 Å².